The number of halogens is 3. The monoisotopic (exact) mass is 243 g/mol. The topological polar surface area (TPSA) is 3.24 Å². The molecule has 0 bridgehead atoms. The highest BCUT2D eigenvalue weighted by molar-refractivity contribution is 7.80. The summed E-state index contributed by atoms with van der Waals surface area (Å²) in [6.07, 6.45) is -2.69. The van der Waals surface area contributed by atoms with E-state index in [2.05, 4.69) is 19.6 Å². The average molecular weight is 243 g/mol. The zero-order valence-electron chi connectivity index (χ0n) is 9.35. The summed E-state index contributed by atoms with van der Waals surface area (Å²) >= 11 is 4.20. The molecule has 0 aliphatic heterocycles. The Hall–Kier alpha value is 0.100. The molecule has 0 saturated heterocycles. The van der Waals surface area contributed by atoms with Crippen molar-refractivity contribution in [1.29, 1.82) is 0 Å². The van der Waals surface area contributed by atoms with Crippen molar-refractivity contribution in [1.82, 2.24) is 4.90 Å². The Labute approximate surface area is 95.4 Å². The first-order valence-corrected chi connectivity index (χ1v) is 5.88. The molecule has 0 fully saturated rings. The molecule has 0 N–H and O–H groups in total. The molecule has 0 radical (unpaired) electrons. The quantitative estimate of drug-likeness (QED) is 0.672. The van der Waals surface area contributed by atoms with Crippen LogP contribution in [0, 0.1) is 5.92 Å². The molecule has 92 valence electrons. The van der Waals surface area contributed by atoms with Gasteiger partial charge >= 0.3 is 6.18 Å². The van der Waals surface area contributed by atoms with Crippen molar-refractivity contribution < 1.29 is 13.2 Å². The summed E-state index contributed by atoms with van der Waals surface area (Å²) in [6.45, 7) is 2.86. The lowest BCUT2D eigenvalue weighted by molar-refractivity contribution is -0.137. The van der Waals surface area contributed by atoms with Crippen molar-refractivity contribution in [3.63, 3.8) is 0 Å². The highest BCUT2D eigenvalue weighted by Gasteiger charge is 2.27. The highest BCUT2D eigenvalue weighted by Crippen LogP contribution is 2.20. The largest absolute Gasteiger partial charge is 0.390 e. The van der Waals surface area contributed by atoms with Crippen LogP contribution in [0.1, 0.15) is 26.2 Å². The summed E-state index contributed by atoms with van der Waals surface area (Å²) in [5.74, 6) is 1.14. The molecule has 0 aromatic carbocycles. The Balaban J connectivity index is 3.75. The molecule has 0 aliphatic carbocycles. The third-order valence-electron chi connectivity index (χ3n) is 2.30. The van der Waals surface area contributed by atoms with E-state index >= 15 is 0 Å². The SMILES string of the molecule is CCCC(CS)CN(C)CCC(F)(F)F. The third-order valence-corrected chi connectivity index (χ3v) is 2.82. The van der Waals surface area contributed by atoms with Crippen molar-refractivity contribution >= 4 is 12.6 Å². The Morgan fingerprint density at radius 1 is 1.33 bits per heavy atom. The van der Waals surface area contributed by atoms with E-state index in [0.29, 0.717) is 12.5 Å². The number of rotatable bonds is 7. The molecule has 0 rings (SSSR count). The Kier molecular flexibility index (Phi) is 7.44. The van der Waals surface area contributed by atoms with Gasteiger partial charge in [-0.15, -0.1) is 0 Å². The first kappa shape index (κ1) is 15.1. The Bertz CT molecular complexity index is 161. The smallest absolute Gasteiger partial charge is 0.306 e. The number of alkyl halides is 3. The number of hydrogen-bond acceptors (Lipinski definition) is 2. The molecule has 15 heavy (non-hydrogen) atoms. The van der Waals surface area contributed by atoms with Crippen LogP contribution in [0.15, 0.2) is 0 Å². The third kappa shape index (κ3) is 9.05. The van der Waals surface area contributed by atoms with Gasteiger partial charge in [-0.25, -0.2) is 0 Å². The standard InChI is InChI=1S/C10H20F3NS/c1-3-4-9(8-15)7-14(2)6-5-10(11,12)13/h9,15H,3-8H2,1-2H3. The first-order chi connectivity index (χ1) is 6.89. The van der Waals surface area contributed by atoms with E-state index in [1.807, 2.05) is 0 Å². The van der Waals surface area contributed by atoms with Gasteiger partial charge in [0.15, 0.2) is 0 Å². The molecule has 1 nitrogen and oxygen atoms in total. The second-order valence-corrected chi connectivity index (χ2v) is 4.33. The van der Waals surface area contributed by atoms with Gasteiger partial charge in [-0.1, -0.05) is 13.3 Å². The molecule has 5 heteroatoms. The van der Waals surface area contributed by atoms with Crippen LogP contribution in [0.5, 0.6) is 0 Å². The van der Waals surface area contributed by atoms with Gasteiger partial charge in [-0.3, -0.25) is 0 Å². The van der Waals surface area contributed by atoms with E-state index < -0.39 is 12.6 Å². The second kappa shape index (κ2) is 7.39. The molecule has 0 aromatic heterocycles. The summed E-state index contributed by atoms with van der Waals surface area (Å²) in [5.41, 5.74) is 0. The van der Waals surface area contributed by atoms with E-state index in [9.17, 15) is 13.2 Å². The van der Waals surface area contributed by atoms with Gasteiger partial charge in [0.05, 0.1) is 6.42 Å². The van der Waals surface area contributed by atoms with Crippen molar-refractivity contribution in [3.05, 3.63) is 0 Å². The summed E-state index contributed by atoms with van der Waals surface area (Å²) in [5, 5.41) is 0. The first-order valence-electron chi connectivity index (χ1n) is 5.25. The van der Waals surface area contributed by atoms with E-state index in [1.165, 1.54) is 0 Å². The highest BCUT2D eigenvalue weighted by atomic mass is 32.1. The molecular weight excluding hydrogens is 223 g/mol. The second-order valence-electron chi connectivity index (χ2n) is 3.96. The average Bonchev–Trinajstić information content (AvgIpc) is 2.13. The molecule has 0 saturated carbocycles. The molecule has 1 atom stereocenters. The molecule has 0 spiro atoms. The number of nitrogens with zero attached hydrogens (tertiary/aromatic N) is 1. The summed E-state index contributed by atoms with van der Waals surface area (Å²) in [6, 6.07) is 0. The van der Waals surface area contributed by atoms with Gasteiger partial charge in [0.1, 0.15) is 0 Å². The fraction of sp³-hybridized carbons (Fsp3) is 1.00. The van der Waals surface area contributed by atoms with Crippen LogP contribution in [0.4, 0.5) is 13.2 Å². The summed E-state index contributed by atoms with van der Waals surface area (Å²) < 4.78 is 35.8. The lowest BCUT2D eigenvalue weighted by Gasteiger charge is -2.23. The maximum Gasteiger partial charge on any atom is 0.390 e. The molecule has 0 heterocycles. The van der Waals surface area contributed by atoms with Crippen LogP contribution in [0.25, 0.3) is 0 Å². The van der Waals surface area contributed by atoms with Crippen molar-refractivity contribution in [2.24, 2.45) is 5.92 Å². The predicted molar refractivity (Wildman–Crippen MR) is 60.4 cm³/mol. The van der Waals surface area contributed by atoms with Crippen LogP contribution in [-0.4, -0.2) is 37.0 Å². The fourth-order valence-electron chi connectivity index (χ4n) is 1.50. The predicted octanol–water partition coefficient (Wildman–Crippen LogP) is 3.22. The van der Waals surface area contributed by atoms with Crippen molar-refractivity contribution in [3.8, 4) is 0 Å². The van der Waals surface area contributed by atoms with Gasteiger partial charge in [-0.05, 0) is 25.1 Å². The van der Waals surface area contributed by atoms with E-state index in [4.69, 9.17) is 0 Å². The maximum absolute atomic E-state index is 11.9. The molecule has 0 amide bonds. The van der Waals surface area contributed by atoms with Gasteiger partial charge < -0.3 is 4.90 Å². The van der Waals surface area contributed by atoms with Crippen LogP contribution >= 0.6 is 12.6 Å². The summed E-state index contributed by atoms with van der Waals surface area (Å²) in [4.78, 5) is 1.74. The van der Waals surface area contributed by atoms with Gasteiger partial charge in [-0.2, -0.15) is 25.8 Å². The lowest BCUT2D eigenvalue weighted by atomic mass is 10.1. The normalized spacial score (nSPS) is 14.6. The molecule has 0 aliphatic rings. The summed E-state index contributed by atoms with van der Waals surface area (Å²) in [7, 11) is 1.73. The van der Waals surface area contributed by atoms with Crippen molar-refractivity contribution in [2.45, 2.75) is 32.4 Å². The van der Waals surface area contributed by atoms with Crippen LogP contribution in [0.3, 0.4) is 0 Å². The molecular formula is C10H20F3NS. The number of thiol groups is 1. The van der Waals surface area contributed by atoms with Gasteiger partial charge in [0, 0.05) is 13.1 Å². The maximum atomic E-state index is 11.9. The zero-order valence-corrected chi connectivity index (χ0v) is 10.2. The van der Waals surface area contributed by atoms with Crippen LogP contribution in [0.2, 0.25) is 0 Å². The Morgan fingerprint density at radius 2 is 1.93 bits per heavy atom. The Morgan fingerprint density at radius 3 is 2.33 bits per heavy atom. The molecule has 1 unspecified atom stereocenters. The van der Waals surface area contributed by atoms with E-state index in [-0.39, 0.29) is 6.54 Å². The molecule has 0 aromatic rings. The minimum atomic E-state index is -4.05. The minimum Gasteiger partial charge on any atom is -0.306 e. The minimum absolute atomic E-state index is 0.0808. The van der Waals surface area contributed by atoms with E-state index in [1.54, 1.807) is 11.9 Å². The van der Waals surface area contributed by atoms with Crippen LogP contribution in [-0.2, 0) is 0 Å². The number of hydrogen-bond donors (Lipinski definition) is 1. The van der Waals surface area contributed by atoms with Crippen molar-refractivity contribution in [2.75, 3.05) is 25.9 Å². The fourth-order valence-corrected chi connectivity index (χ4v) is 1.80. The lowest BCUT2D eigenvalue weighted by Crippen LogP contribution is -2.30. The van der Waals surface area contributed by atoms with Gasteiger partial charge in [0.2, 0.25) is 0 Å². The van der Waals surface area contributed by atoms with Gasteiger partial charge in [0.25, 0.3) is 0 Å². The van der Waals surface area contributed by atoms with E-state index in [0.717, 1.165) is 18.6 Å². The van der Waals surface area contributed by atoms with Crippen LogP contribution < -0.4 is 0 Å². The zero-order chi connectivity index (χ0) is 11.9.